The van der Waals surface area contributed by atoms with E-state index in [1.165, 1.54) is 30.3 Å². The minimum absolute atomic E-state index is 0.0974. The van der Waals surface area contributed by atoms with E-state index in [0.717, 1.165) is 12.1 Å². The normalized spacial score (nSPS) is 13.2. The third-order valence-corrected chi connectivity index (χ3v) is 3.75. The largest absolute Gasteiger partial charge is 0.416 e. The molecule has 2 aromatic rings. The van der Waals surface area contributed by atoms with Gasteiger partial charge in [-0.05, 0) is 41.5 Å². The predicted octanol–water partition coefficient (Wildman–Crippen LogP) is 4.88. The van der Waals surface area contributed by atoms with Crippen molar-refractivity contribution in [2.24, 2.45) is 0 Å². The van der Waals surface area contributed by atoms with Crippen molar-refractivity contribution in [3.05, 3.63) is 69.4 Å². The number of alkyl halides is 3. The van der Waals surface area contributed by atoms with Gasteiger partial charge in [-0.3, -0.25) is 0 Å². The topological polar surface area (TPSA) is 20.2 Å². The number of hydrogen-bond donors (Lipinski definition) is 1. The molecule has 6 heteroatoms. The van der Waals surface area contributed by atoms with E-state index in [1.807, 2.05) is 0 Å². The van der Waals surface area contributed by atoms with Gasteiger partial charge >= 0.3 is 6.18 Å². The summed E-state index contributed by atoms with van der Waals surface area (Å²) >= 11 is 3.14. The van der Waals surface area contributed by atoms with E-state index in [0.29, 0.717) is 10.0 Å². The van der Waals surface area contributed by atoms with Gasteiger partial charge in [0.25, 0.3) is 0 Å². The Hall–Kier alpha value is -1.40. The third kappa shape index (κ3) is 4.04. The molecular weight excluding hydrogens is 352 g/mol. The molecule has 0 spiro atoms. The van der Waals surface area contributed by atoms with E-state index in [-0.39, 0.29) is 12.0 Å². The first-order chi connectivity index (χ1) is 9.77. The summed E-state index contributed by atoms with van der Waals surface area (Å²) in [5, 5.41) is 10.1. The minimum atomic E-state index is -4.47. The number of rotatable bonds is 3. The van der Waals surface area contributed by atoms with Crippen LogP contribution in [0, 0.1) is 5.82 Å². The van der Waals surface area contributed by atoms with Crippen LogP contribution in [-0.4, -0.2) is 5.11 Å². The molecule has 0 aliphatic rings. The second-order valence-electron chi connectivity index (χ2n) is 4.58. The fourth-order valence-corrected chi connectivity index (χ4v) is 2.44. The first-order valence-electron chi connectivity index (χ1n) is 6.06. The second kappa shape index (κ2) is 6.15. The molecule has 0 bridgehead atoms. The lowest BCUT2D eigenvalue weighted by Gasteiger charge is -2.15. The summed E-state index contributed by atoms with van der Waals surface area (Å²) in [7, 11) is 0. The Bertz CT molecular complexity index is 623. The molecule has 0 saturated heterocycles. The van der Waals surface area contributed by atoms with Crippen LogP contribution in [0.4, 0.5) is 17.6 Å². The van der Waals surface area contributed by atoms with E-state index >= 15 is 0 Å². The molecule has 21 heavy (non-hydrogen) atoms. The lowest BCUT2D eigenvalue weighted by Crippen LogP contribution is -2.09. The molecule has 0 heterocycles. The van der Waals surface area contributed by atoms with Gasteiger partial charge in [0.1, 0.15) is 5.82 Å². The molecule has 1 nitrogen and oxygen atoms in total. The molecule has 0 amide bonds. The van der Waals surface area contributed by atoms with Crippen LogP contribution in [0.1, 0.15) is 22.8 Å². The average molecular weight is 363 g/mol. The number of aliphatic hydroxyl groups excluding tert-OH is 1. The molecule has 1 unspecified atom stereocenters. The third-order valence-electron chi connectivity index (χ3n) is 3.02. The highest BCUT2D eigenvalue weighted by atomic mass is 79.9. The van der Waals surface area contributed by atoms with Crippen molar-refractivity contribution in [1.29, 1.82) is 0 Å². The molecule has 0 fully saturated rings. The number of hydrogen-bond acceptors (Lipinski definition) is 1. The van der Waals surface area contributed by atoms with Crippen LogP contribution < -0.4 is 0 Å². The van der Waals surface area contributed by atoms with Gasteiger partial charge in [-0.15, -0.1) is 0 Å². The first kappa shape index (κ1) is 16.0. The molecule has 2 rings (SSSR count). The maximum absolute atomic E-state index is 12.8. The van der Waals surface area contributed by atoms with Crippen molar-refractivity contribution in [2.75, 3.05) is 0 Å². The Kier molecular flexibility index (Phi) is 4.68. The molecule has 0 saturated carbocycles. The summed E-state index contributed by atoms with van der Waals surface area (Å²) in [6.45, 7) is 0. The lowest BCUT2D eigenvalue weighted by atomic mass is 9.99. The molecule has 1 N–H and O–H groups in total. The maximum atomic E-state index is 12.8. The summed E-state index contributed by atoms with van der Waals surface area (Å²) in [6.07, 6.45) is -5.49. The van der Waals surface area contributed by atoms with E-state index < -0.39 is 23.7 Å². The van der Waals surface area contributed by atoms with E-state index in [1.54, 1.807) is 0 Å². The summed E-state index contributed by atoms with van der Waals surface area (Å²) in [5.74, 6) is -0.409. The molecule has 0 aliphatic carbocycles. The Morgan fingerprint density at radius 2 is 1.67 bits per heavy atom. The Balaban J connectivity index is 2.26. The first-order valence-corrected chi connectivity index (χ1v) is 6.86. The van der Waals surface area contributed by atoms with Gasteiger partial charge in [0.05, 0.1) is 11.7 Å². The molecule has 0 aromatic heterocycles. The van der Waals surface area contributed by atoms with E-state index in [9.17, 15) is 22.7 Å². The highest BCUT2D eigenvalue weighted by Crippen LogP contribution is 2.34. The zero-order valence-electron chi connectivity index (χ0n) is 10.7. The second-order valence-corrected chi connectivity index (χ2v) is 5.43. The Morgan fingerprint density at radius 3 is 2.24 bits per heavy atom. The maximum Gasteiger partial charge on any atom is 0.416 e. The number of benzene rings is 2. The molecule has 0 aliphatic heterocycles. The van der Waals surface area contributed by atoms with Gasteiger partial charge in [0.15, 0.2) is 0 Å². The standard InChI is InChI=1S/C15H11BrF4O/c16-13-6-3-10(15(18,19)20)8-12(13)14(21)7-9-1-4-11(17)5-2-9/h1-6,8,14,21H,7H2. The highest BCUT2D eigenvalue weighted by Gasteiger charge is 2.31. The van der Waals surface area contributed by atoms with Crippen molar-refractivity contribution in [2.45, 2.75) is 18.7 Å². The van der Waals surface area contributed by atoms with Crippen LogP contribution in [0.15, 0.2) is 46.9 Å². The predicted molar refractivity (Wildman–Crippen MR) is 74.2 cm³/mol. The lowest BCUT2D eigenvalue weighted by molar-refractivity contribution is -0.137. The monoisotopic (exact) mass is 362 g/mol. The number of halogens is 5. The van der Waals surface area contributed by atoms with Crippen molar-refractivity contribution < 1.29 is 22.7 Å². The molecule has 112 valence electrons. The van der Waals surface area contributed by atoms with Gasteiger partial charge in [-0.2, -0.15) is 13.2 Å². The van der Waals surface area contributed by atoms with Gasteiger partial charge in [0, 0.05) is 10.9 Å². The average Bonchev–Trinajstić information content (AvgIpc) is 2.40. The Morgan fingerprint density at radius 1 is 1.05 bits per heavy atom. The SMILES string of the molecule is OC(Cc1ccc(F)cc1)c1cc(C(F)(F)F)ccc1Br. The zero-order chi connectivity index (χ0) is 15.6. The highest BCUT2D eigenvalue weighted by molar-refractivity contribution is 9.10. The molecule has 1 atom stereocenters. The van der Waals surface area contributed by atoms with Gasteiger partial charge in [-0.1, -0.05) is 28.1 Å². The van der Waals surface area contributed by atoms with Crippen LogP contribution in [0.5, 0.6) is 0 Å². The fourth-order valence-electron chi connectivity index (χ4n) is 1.93. The molecule has 2 aromatic carbocycles. The summed E-state index contributed by atoms with van der Waals surface area (Å²) in [4.78, 5) is 0. The smallest absolute Gasteiger partial charge is 0.388 e. The molecular formula is C15H11BrF4O. The van der Waals surface area contributed by atoms with Crippen molar-refractivity contribution >= 4 is 15.9 Å². The summed E-state index contributed by atoms with van der Waals surface area (Å²) in [6, 6.07) is 8.56. The fraction of sp³-hybridized carbons (Fsp3) is 0.200. The van der Waals surface area contributed by atoms with Crippen LogP contribution in [0.3, 0.4) is 0 Å². The van der Waals surface area contributed by atoms with Crippen LogP contribution >= 0.6 is 15.9 Å². The van der Waals surface area contributed by atoms with Crippen molar-refractivity contribution in [3.63, 3.8) is 0 Å². The zero-order valence-corrected chi connectivity index (χ0v) is 12.2. The van der Waals surface area contributed by atoms with E-state index in [2.05, 4.69) is 15.9 Å². The molecule has 0 radical (unpaired) electrons. The van der Waals surface area contributed by atoms with E-state index in [4.69, 9.17) is 0 Å². The van der Waals surface area contributed by atoms with Crippen molar-refractivity contribution in [1.82, 2.24) is 0 Å². The minimum Gasteiger partial charge on any atom is -0.388 e. The van der Waals surface area contributed by atoms with Crippen molar-refractivity contribution in [3.8, 4) is 0 Å². The van der Waals surface area contributed by atoms with Crippen LogP contribution in [0.2, 0.25) is 0 Å². The number of aliphatic hydroxyl groups is 1. The van der Waals surface area contributed by atoms with Gasteiger partial charge in [0.2, 0.25) is 0 Å². The van der Waals surface area contributed by atoms with Crippen LogP contribution in [0.25, 0.3) is 0 Å². The quantitative estimate of drug-likeness (QED) is 0.771. The summed E-state index contributed by atoms with van der Waals surface area (Å²) in [5.41, 5.74) is -0.0405. The Labute approximate surface area is 127 Å². The van der Waals surface area contributed by atoms with Gasteiger partial charge in [-0.25, -0.2) is 4.39 Å². The van der Waals surface area contributed by atoms with Crippen LogP contribution in [-0.2, 0) is 12.6 Å². The summed E-state index contributed by atoms with van der Waals surface area (Å²) < 4.78 is 51.3. The van der Waals surface area contributed by atoms with Gasteiger partial charge < -0.3 is 5.11 Å².